The number of aromatic nitrogens is 2. The van der Waals surface area contributed by atoms with Crippen LogP contribution in [0.4, 0.5) is 5.13 Å². The van der Waals surface area contributed by atoms with Crippen molar-refractivity contribution in [2.75, 3.05) is 44.2 Å². The van der Waals surface area contributed by atoms with E-state index in [1.54, 1.807) is 18.4 Å². The van der Waals surface area contributed by atoms with Crippen molar-refractivity contribution in [2.24, 2.45) is 4.99 Å². The Morgan fingerprint density at radius 3 is 2.81 bits per heavy atom. The van der Waals surface area contributed by atoms with Crippen LogP contribution in [0.15, 0.2) is 27.8 Å². The molecule has 0 bridgehead atoms. The summed E-state index contributed by atoms with van der Waals surface area (Å²) in [5.41, 5.74) is 0. The van der Waals surface area contributed by atoms with Crippen LogP contribution in [0.1, 0.15) is 31.5 Å². The zero-order valence-corrected chi connectivity index (χ0v) is 16.1. The number of guanidine groups is 1. The molecule has 0 amide bonds. The fourth-order valence-electron chi connectivity index (χ4n) is 2.80. The summed E-state index contributed by atoms with van der Waals surface area (Å²) in [6, 6.07) is 3.53. The number of aliphatic hydroxyl groups excluding tert-OH is 1. The molecule has 2 aromatic heterocycles. The molecule has 1 aliphatic rings. The van der Waals surface area contributed by atoms with Gasteiger partial charge in [0.05, 0.1) is 12.8 Å². The molecule has 1 fully saturated rings. The average molecular weight is 379 g/mol. The highest BCUT2D eigenvalue weighted by Crippen LogP contribution is 2.19. The molecular weight excluding hydrogens is 352 g/mol. The van der Waals surface area contributed by atoms with Gasteiger partial charge in [-0.1, -0.05) is 6.92 Å². The van der Waals surface area contributed by atoms with Crippen LogP contribution < -0.4 is 10.2 Å². The van der Waals surface area contributed by atoms with Crippen molar-refractivity contribution < 1.29 is 9.52 Å². The Labute approximate surface area is 157 Å². The minimum Gasteiger partial charge on any atom is -0.467 e. The van der Waals surface area contributed by atoms with Gasteiger partial charge in [-0.2, -0.15) is 4.37 Å². The summed E-state index contributed by atoms with van der Waals surface area (Å²) < 4.78 is 9.60. The average Bonchev–Trinajstić information content (AvgIpc) is 3.37. The fourth-order valence-corrected chi connectivity index (χ4v) is 3.60. The Morgan fingerprint density at radius 1 is 1.38 bits per heavy atom. The molecule has 1 atom stereocenters. The molecule has 0 saturated carbocycles. The summed E-state index contributed by atoms with van der Waals surface area (Å²) in [7, 11) is 0. The van der Waals surface area contributed by atoms with E-state index in [2.05, 4.69) is 36.4 Å². The second kappa shape index (κ2) is 9.00. The Balaban J connectivity index is 1.58. The molecule has 2 aromatic rings. The summed E-state index contributed by atoms with van der Waals surface area (Å²) in [5.74, 6) is 2.27. The molecule has 1 saturated heterocycles. The van der Waals surface area contributed by atoms with Gasteiger partial charge in [-0.05, 0) is 19.1 Å². The SMILES string of the molecule is CCNC(=NCC(O)c1ccco1)N1CCN(c2nc(CC)ns2)CC1. The van der Waals surface area contributed by atoms with E-state index >= 15 is 0 Å². The molecule has 0 spiro atoms. The quantitative estimate of drug-likeness (QED) is 0.582. The van der Waals surface area contributed by atoms with Crippen molar-refractivity contribution >= 4 is 22.6 Å². The van der Waals surface area contributed by atoms with Crippen molar-refractivity contribution in [3.8, 4) is 0 Å². The van der Waals surface area contributed by atoms with Gasteiger partial charge in [0, 0.05) is 50.7 Å². The van der Waals surface area contributed by atoms with E-state index < -0.39 is 6.10 Å². The maximum absolute atomic E-state index is 10.2. The molecular formula is C17H26N6O2S. The maximum atomic E-state index is 10.2. The number of piperazine rings is 1. The van der Waals surface area contributed by atoms with Crippen LogP contribution in [0.2, 0.25) is 0 Å². The van der Waals surface area contributed by atoms with Gasteiger partial charge in [0.2, 0.25) is 5.13 Å². The largest absolute Gasteiger partial charge is 0.467 e. The number of rotatable bonds is 6. The molecule has 0 aliphatic carbocycles. The van der Waals surface area contributed by atoms with Gasteiger partial charge in [-0.15, -0.1) is 0 Å². The first kappa shape index (κ1) is 18.7. The topological polar surface area (TPSA) is 90.0 Å². The predicted octanol–water partition coefficient (Wildman–Crippen LogP) is 1.51. The lowest BCUT2D eigenvalue weighted by molar-refractivity contribution is 0.158. The van der Waals surface area contributed by atoms with E-state index in [0.717, 1.165) is 56.1 Å². The van der Waals surface area contributed by atoms with E-state index in [9.17, 15) is 5.11 Å². The van der Waals surface area contributed by atoms with Crippen molar-refractivity contribution in [1.82, 2.24) is 19.6 Å². The van der Waals surface area contributed by atoms with Gasteiger partial charge in [0.15, 0.2) is 5.96 Å². The first-order valence-electron chi connectivity index (χ1n) is 9.03. The molecule has 1 aliphatic heterocycles. The van der Waals surface area contributed by atoms with Crippen LogP contribution >= 0.6 is 11.5 Å². The first-order valence-corrected chi connectivity index (χ1v) is 9.80. The third-order valence-corrected chi connectivity index (χ3v) is 5.06. The van der Waals surface area contributed by atoms with Crippen molar-refractivity contribution in [3.63, 3.8) is 0 Å². The van der Waals surface area contributed by atoms with Gasteiger partial charge >= 0.3 is 0 Å². The first-order chi connectivity index (χ1) is 12.7. The molecule has 9 heteroatoms. The molecule has 1 unspecified atom stereocenters. The molecule has 0 radical (unpaired) electrons. The lowest BCUT2D eigenvalue weighted by Crippen LogP contribution is -2.52. The van der Waals surface area contributed by atoms with Crippen LogP contribution in [-0.4, -0.2) is 64.6 Å². The number of hydrogen-bond donors (Lipinski definition) is 2. The molecule has 3 heterocycles. The number of aryl methyl sites for hydroxylation is 1. The monoisotopic (exact) mass is 378 g/mol. The number of furan rings is 1. The molecule has 26 heavy (non-hydrogen) atoms. The molecule has 142 valence electrons. The summed E-state index contributed by atoms with van der Waals surface area (Å²) in [4.78, 5) is 13.6. The van der Waals surface area contributed by atoms with Crippen LogP contribution in [0.3, 0.4) is 0 Å². The van der Waals surface area contributed by atoms with Crippen LogP contribution in [0.5, 0.6) is 0 Å². The second-order valence-electron chi connectivity index (χ2n) is 6.05. The summed E-state index contributed by atoms with van der Waals surface area (Å²) >= 11 is 1.47. The van der Waals surface area contributed by atoms with E-state index in [4.69, 9.17) is 4.42 Å². The number of nitrogens with zero attached hydrogens (tertiary/aromatic N) is 5. The molecule has 3 rings (SSSR count). The number of aliphatic hydroxyl groups is 1. The highest BCUT2D eigenvalue weighted by atomic mass is 32.1. The summed E-state index contributed by atoms with van der Waals surface area (Å²) in [6.45, 7) is 8.63. The molecule has 0 aromatic carbocycles. The number of hydrogen-bond acceptors (Lipinski definition) is 7. The standard InChI is InChI=1S/C17H26N6O2S/c1-3-15-20-17(26-21-15)23-9-7-22(8-10-23)16(18-4-2)19-12-13(24)14-6-5-11-25-14/h5-6,11,13,24H,3-4,7-10,12H2,1-2H3,(H,18,19). The third-order valence-electron chi connectivity index (χ3n) is 4.24. The van der Waals surface area contributed by atoms with E-state index in [0.29, 0.717) is 5.76 Å². The van der Waals surface area contributed by atoms with Crippen LogP contribution in [0.25, 0.3) is 0 Å². The van der Waals surface area contributed by atoms with Crippen LogP contribution in [-0.2, 0) is 6.42 Å². The van der Waals surface area contributed by atoms with Crippen molar-refractivity contribution in [2.45, 2.75) is 26.4 Å². The minimum absolute atomic E-state index is 0.270. The summed E-state index contributed by atoms with van der Waals surface area (Å²) in [5, 5.41) is 14.5. The van der Waals surface area contributed by atoms with E-state index in [1.807, 2.05) is 6.92 Å². The fraction of sp³-hybridized carbons (Fsp3) is 0.588. The van der Waals surface area contributed by atoms with Gasteiger partial charge in [-0.3, -0.25) is 0 Å². The zero-order valence-electron chi connectivity index (χ0n) is 15.3. The highest BCUT2D eigenvalue weighted by molar-refractivity contribution is 7.09. The Morgan fingerprint density at radius 2 is 2.19 bits per heavy atom. The Bertz CT molecular complexity index is 694. The zero-order chi connectivity index (χ0) is 18.4. The van der Waals surface area contributed by atoms with Gasteiger partial charge in [0.25, 0.3) is 0 Å². The van der Waals surface area contributed by atoms with Crippen LogP contribution in [0, 0.1) is 0 Å². The number of nitrogens with one attached hydrogen (secondary N) is 1. The third kappa shape index (κ3) is 4.53. The van der Waals surface area contributed by atoms with Gasteiger partial charge in [-0.25, -0.2) is 9.98 Å². The van der Waals surface area contributed by atoms with Crippen molar-refractivity contribution in [1.29, 1.82) is 0 Å². The smallest absolute Gasteiger partial charge is 0.205 e. The van der Waals surface area contributed by atoms with E-state index in [1.165, 1.54) is 11.5 Å². The molecule has 8 nitrogen and oxygen atoms in total. The van der Waals surface area contributed by atoms with Gasteiger partial charge < -0.3 is 24.6 Å². The number of anilines is 1. The summed E-state index contributed by atoms with van der Waals surface area (Å²) in [6.07, 6.45) is 1.70. The lowest BCUT2D eigenvalue weighted by Gasteiger charge is -2.36. The predicted molar refractivity (Wildman–Crippen MR) is 103 cm³/mol. The Hall–Kier alpha value is -2.13. The van der Waals surface area contributed by atoms with Crippen molar-refractivity contribution in [3.05, 3.63) is 30.0 Å². The molecule has 2 N–H and O–H groups in total. The maximum Gasteiger partial charge on any atom is 0.205 e. The normalized spacial score (nSPS) is 16.8. The van der Waals surface area contributed by atoms with Gasteiger partial charge in [0.1, 0.15) is 17.7 Å². The second-order valence-corrected chi connectivity index (χ2v) is 6.78. The lowest BCUT2D eigenvalue weighted by atomic mass is 10.3. The number of aliphatic imine (C=N–C) groups is 1. The Kier molecular flexibility index (Phi) is 6.45. The highest BCUT2D eigenvalue weighted by Gasteiger charge is 2.22. The minimum atomic E-state index is -0.728. The van der Waals surface area contributed by atoms with E-state index in [-0.39, 0.29) is 6.54 Å².